The van der Waals surface area contributed by atoms with Crippen LogP contribution in [0.1, 0.15) is 43.5 Å². The van der Waals surface area contributed by atoms with Crippen molar-refractivity contribution < 1.29 is 19.0 Å². The molecule has 32 heavy (non-hydrogen) atoms. The van der Waals surface area contributed by atoms with E-state index in [1.165, 1.54) is 0 Å². The number of carbonyl (C=O) groups is 1. The molecule has 0 saturated carbocycles. The number of carboxylic acid groups (broad SMARTS) is 1. The molecule has 0 amide bonds. The van der Waals surface area contributed by atoms with Crippen LogP contribution in [0.5, 0.6) is 5.75 Å². The first-order chi connectivity index (χ1) is 15.2. The first-order valence-electron chi connectivity index (χ1n) is 10.6. The Labute approximate surface area is 188 Å². The maximum Gasteiger partial charge on any atom is 0.307 e. The van der Waals surface area contributed by atoms with Gasteiger partial charge in [0.15, 0.2) is 0 Å². The summed E-state index contributed by atoms with van der Waals surface area (Å²) in [5.74, 6) is -0.734. The monoisotopic (exact) mass is 436 g/mol. The first kappa shape index (κ1) is 23.3. The zero-order valence-electron chi connectivity index (χ0n) is 18.6. The topological polar surface area (TPSA) is 84.6 Å². The molecule has 0 bridgehead atoms. The van der Waals surface area contributed by atoms with Gasteiger partial charge in [0.1, 0.15) is 18.2 Å². The van der Waals surface area contributed by atoms with Crippen LogP contribution in [0.2, 0.25) is 0 Å². The number of hydrogen-bond donors (Lipinski definition) is 3. The Hall–Kier alpha value is -3.38. The molecule has 0 spiro atoms. The maximum atomic E-state index is 15.2. The van der Waals surface area contributed by atoms with Crippen molar-refractivity contribution in [3.8, 4) is 16.9 Å². The molecule has 0 radical (unpaired) electrons. The number of carboxylic acids is 1. The van der Waals surface area contributed by atoms with Gasteiger partial charge in [0.05, 0.1) is 6.42 Å². The molecule has 0 aromatic heterocycles. The maximum absolute atomic E-state index is 15.2. The molecule has 0 unspecified atom stereocenters. The van der Waals surface area contributed by atoms with Crippen molar-refractivity contribution in [1.82, 2.24) is 0 Å². The van der Waals surface area contributed by atoms with Crippen LogP contribution in [0.25, 0.3) is 11.1 Å². The van der Waals surface area contributed by atoms with E-state index in [0.717, 1.165) is 11.3 Å². The number of nitrogens with one attached hydrogen (secondary N) is 1. The number of ether oxygens (including phenoxy) is 1. The molecule has 3 aromatic carbocycles. The summed E-state index contributed by atoms with van der Waals surface area (Å²) in [6.45, 7) is 6.03. The predicted octanol–water partition coefficient (Wildman–Crippen LogP) is 5.54. The summed E-state index contributed by atoms with van der Waals surface area (Å²) in [7, 11) is 0. The Morgan fingerprint density at radius 2 is 1.84 bits per heavy atom. The van der Waals surface area contributed by atoms with E-state index in [2.05, 4.69) is 5.32 Å². The Kier molecular flexibility index (Phi) is 7.49. The van der Waals surface area contributed by atoms with Crippen LogP contribution < -0.4 is 15.8 Å². The molecule has 4 N–H and O–H groups in total. The lowest BCUT2D eigenvalue weighted by Gasteiger charge is -2.17. The third kappa shape index (κ3) is 5.86. The van der Waals surface area contributed by atoms with Gasteiger partial charge in [0.25, 0.3) is 0 Å². The number of aliphatic carboxylic acids is 1. The molecule has 1 atom stereocenters. The summed E-state index contributed by atoms with van der Waals surface area (Å²) in [5, 5.41) is 12.5. The van der Waals surface area contributed by atoms with Crippen molar-refractivity contribution in [2.24, 2.45) is 5.73 Å². The normalized spacial score (nSPS) is 11.9. The minimum absolute atomic E-state index is 0.119. The van der Waals surface area contributed by atoms with Crippen LogP contribution in [0.3, 0.4) is 0 Å². The zero-order valence-corrected chi connectivity index (χ0v) is 18.6. The fourth-order valence-electron chi connectivity index (χ4n) is 3.59. The van der Waals surface area contributed by atoms with Crippen LogP contribution in [-0.2, 0) is 17.8 Å². The summed E-state index contributed by atoms with van der Waals surface area (Å²) < 4.78 is 21.1. The molecule has 0 aliphatic heterocycles. The molecular weight excluding hydrogens is 407 g/mol. The predicted molar refractivity (Wildman–Crippen MR) is 125 cm³/mol. The van der Waals surface area contributed by atoms with E-state index >= 15 is 4.39 Å². The van der Waals surface area contributed by atoms with Gasteiger partial charge in [-0.3, -0.25) is 4.79 Å². The lowest BCUT2D eigenvalue weighted by atomic mass is 9.97. The smallest absolute Gasteiger partial charge is 0.307 e. The van der Waals surface area contributed by atoms with Crippen molar-refractivity contribution in [3.05, 3.63) is 83.2 Å². The highest BCUT2D eigenvalue weighted by Crippen LogP contribution is 2.31. The highest BCUT2D eigenvalue weighted by atomic mass is 19.1. The van der Waals surface area contributed by atoms with E-state index in [1.54, 1.807) is 49.4 Å². The van der Waals surface area contributed by atoms with Crippen LogP contribution in [0.4, 0.5) is 10.1 Å². The molecule has 0 aliphatic rings. The summed E-state index contributed by atoms with van der Waals surface area (Å²) >= 11 is 0. The number of rotatable bonds is 9. The SMILES string of the molecule is CC(C)Nc1cc(COc2ccccc2CC(=O)O)cc(-c2cccc([C@@H](C)N)c2F)c1. The van der Waals surface area contributed by atoms with Crippen molar-refractivity contribution >= 4 is 11.7 Å². The number of hydrogen-bond acceptors (Lipinski definition) is 4. The zero-order chi connectivity index (χ0) is 23.3. The minimum atomic E-state index is -0.920. The van der Waals surface area contributed by atoms with Crippen molar-refractivity contribution in [3.63, 3.8) is 0 Å². The molecule has 0 saturated heterocycles. The standard InChI is InChI=1S/C26H29FN2O3/c1-16(2)29-21-12-18(15-32-24-10-5-4-7-19(24)14-25(30)31)11-20(13-21)23-9-6-8-22(17(3)28)26(23)27/h4-13,16-17,29H,14-15,28H2,1-3H3,(H,30,31)/t17-/m1/s1. The van der Waals surface area contributed by atoms with E-state index in [4.69, 9.17) is 15.6 Å². The number of para-hydroxylation sites is 1. The molecule has 0 aliphatic carbocycles. The fourth-order valence-corrected chi connectivity index (χ4v) is 3.59. The molecular formula is C26H29FN2O3. The Morgan fingerprint density at radius 1 is 1.09 bits per heavy atom. The molecule has 168 valence electrons. The summed E-state index contributed by atoms with van der Waals surface area (Å²) in [6.07, 6.45) is -0.119. The largest absolute Gasteiger partial charge is 0.489 e. The van der Waals surface area contributed by atoms with E-state index in [9.17, 15) is 4.79 Å². The molecule has 6 heteroatoms. The third-order valence-corrected chi connectivity index (χ3v) is 4.99. The highest BCUT2D eigenvalue weighted by molar-refractivity contribution is 5.72. The van der Waals surface area contributed by atoms with Gasteiger partial charge in [-0.05, 0) is 56.2 Å². The van der Waals surface area contributed by atoms with Gasteiger partial charge in [-0.1, -0.05) is 36.4 Å². The van der Waals surface area contributed by atoms with Gasteiger partial charge in [0, 0.05) is 34.5 Å². The second-order valence-electron chi connectivity index (χ2n) is 8.18. The number of anilines is 1. The highest BCUT2D eigenvalue weighted by Gasteiger charge is 2.15. The number of halogens is 1. The van der Waals surface area contributed by atoms with Crippen LogP contribution >= 0.6 is 0 Å². The first-order valence-corrected chi connectivity index (χ1v) is 10.6. The van der Waals surface area contributed by atoms with E-state index in [0.29, 0.717) is 28.0 Å². The Balaban J connectivity index is 1.96. The van der Waals surface area contributed by atoms with Crippen molar-refractivity contribution in [2.75, 3.05) is 5.32 Å². The van der Waals surface area contributed by atoms with Crippen LogP contribution in [-0.4, -0.2) is 17.1 Å². The van der Waals surface area contributed by atoms with Gasteiger partial charge in [-0.15, -0.1) is 0 Å². The lowest BCUT2D eigenvalue weighted by molar-refractivity contribution is -0.136. The lowest BCUT2D eigenvalue weighted by Crippen LogP contribution is -2.11. The Morgan fingerprint density at radius 3 is 2.53 bits per heavy atom. The summed E-state index contributed by atoms with van der Waals surface area (Å²) in [6, 6.07) is 17.8. The second-order valence-corrected chi connectivity index (χ2v) is 8.18. The molecule has 3 aromatic rings. The number of benzene rings is 3. The van der Waals surface area contributed by atoms with Crippen LogP contribution in [0.15, 0.2) is 60.7 Å². The molecule has 0 heterocycles. The second kappa shape index (κ2) is 10.3. The summed E-state index contributed by atoms with van der Waals surface area (Å²) in [4.78, 5) is 11.1. The van der Waals surface area contributed by atoms with Crippen LogP contribution in [0, 0.1) is 5.82 Å². The average Bonchev–Trinajstić information content (AvgIpc) is 2.72. The molecule has 5 nitrogen and oxygen atoms in total. The average molecular weight is 437 g/mol. The third-order valence-electron chi connectivity index (χ3n) is 4.99. The Bertz CT molecular complexity index is 1100. The van der Waals surface area contributed by atoms with E-state index in [1.807, 2.05) is 32.0 Å². The minimum Gasteiger partial charge on any atom is -0.489 e. The number of nitrogens with two attached hydrogens (primary N) is 1. The van der Waals surface area contributed by atoms with Crippen molar-refractivity contribution in [1.29, 1.82) is 0 Å². The van der Waals surface area contributed by atoms with Crippen molar-refractivity contribution in [2.45, 2.75) is 45.9 Å². The van der Waals surface area contributed by atoms with Gasteiger partial charge in [0.2, 0.25) is 0 Å². The quantitative estimate of drug-likeness (QED) is 0.410. The van der Waals surface area contributed by atoms with E-state index < -0.39 is 12.0 Å². The molecule has 0 fully saturated rings. The summed E-state index contributed by atoms with van der Waals surface area (Å²) in [5.41, 5.74) is 9.87. The van der Waals surface area contributed by atoms with Gasteiger partial charge >= 0.3 is 5.97 Å². The van der Waals surface area contributed by atoms with Gasteiger partial charge < -0.3 is 20.9 Å². The van der Waals surface area contributed by atoms with Gasteiger partial charge in [-0.2, -0.15) is 0 Å². The fraction of sp³-hybridized carbons (Fsp3) is 0.269. The molecule has 3 rings (SSSR count). The van der Waals surface area contributed by atoms with Gasteiger partial charge in [-0.25, -0.2) is 4.39 Å². The van der Waals surface area contributed by atoms with E-state index in [-0.39, 0.29) is 24.9 Å².